The number of methoxy groups -OCH3 is 1. The second-order valence-corrected chi connectivity index (χ2v) is 10.1. The van der Waals surface area contributed by atoms with Crippen LogP contribution in [0.5, 0.6) is 0 Å². The first-order valence-corrected chi connectivity index (χ1v) is 13.5. The molecule has 2 aromatic heterocycles. The number of aryl methyl sites for hydroxylation is 1. The number of nitrogens with zero attached hydrogens (tertiary/aromatic N) is 6. The molecule has 204 valence electrons. The smallest absolute Gasteiger partial charge is 0.267 e. The Morgan fingerprint density at radius 3 is 2.71 bits per heavy atom. The number of piperazine rings is 1. The van der Waals surface area contributed by atoms with Crippen molar-refractivity contribution in [2.45, 2.75) is 13.3 Å². The fourth-order valence-electron chi connectivity index (χ4n) is 3.87. The fourth-order valence-corrected chi connectivity index (χ4v) is 4.84. The van der Waals surface area contributed by atoms with Gasteiger partial charge in [0.15, 0.2) is 5.13 Å². The molecule has 12 nitrogen and oxygen atoms in total. The molecule has 0 atom stereocenters. The molecule has 1 aliphatic heterocycles. The van der Waals surface area contributed by atoms with Crippen LogP contribution in [0.15, 0.2) is 24.4 Å². The van der Waals surface area contributed by atoms with Crippen molar-refractivity contribution in [1.29, 1.82) is 0 Å². The molecule has 3 aromatic rings. The molecule has 1 aliphatic rings. The molecule has 0 unspecified atom stereocenters. The molecule has 38 heavy (non-hydrogen) atoms. The number of β-amino-alcohol motifs (C(OH)–C–C–N with tert-alkyl or cyclic N) is 1. The molecule has 0 aliphatic carbocycles. The number of halogens is 1. The van der Waals surface area contributed by atoms with E-state index < -0.39 is 0 Å². The number of aromatic nitrogens is 4. The third-order valence-corrected chi connectivity index (χ3v) is 7.14. The summed E-state index contributed by atoms with van der Waals surface area (Å²) in [7, 11) is 1.66. The Labute approximate surface area is 230 Å². The van der Waals surface area contributed by atoms with Crippen LogP contribution in [0.4, 0.5) is 28.7 Å². The number of hydrogen-bond acceptors (Lipinski definition) is 12. The summed E-state index contributed by atoms with van der Waals surface area (Å²) in [6.45, 7) is 7.02. The monoisotopic (exact) mass is 561 g/mol. The molecule has 0 bridgehead atoms. The van der Waals surface area contributed by atoms with E-state index in [-0.39, 0.29) is 12.5 Å². The van der Waals surface area contributed by atoms with Crippen LogP contribution in [-0.4, -0.2) is 95.4 Å². The van der Waals surface area contributed by atoms with Gasteiger partial charge in [0.1, 0.15) is 4.88 Å². The summed E-state index contributed by atoms with van der Waals surface area (Å²) in [4.78, 5) is 35.6. The molecular weight excluding hydrogens is 530 g/mol. The fraction of sp³-hybridized carbons (Fsp3) is 0.458. The van der Waals surface area contributed by atoms with Crippen LogP contribution < -0.4 is 20.9 Å². The minimum atomic E-state index is -0.302. The summed E-state index contributed by atoms with van der Waals surface area (Å²) < 4.78 is 5.12. The van der Waals surface area contributed by atoms with Gasteiger partial charge < -0.3 is 25.4 Å². The summed E-state index contributed by atoms with van der Waals surface area (Å²) in [5.74, 6) is 1.01. The van der Waals surface area contributed by atoms with Crippen molar-refractivity contribution in [2.75, 3.05) is 80.4 Å². The Morgan fingerprint density at radius 1 is 1.18 bits per heavy atom. The number of amides is 1. The highest BCUT2D eigenvalue weighted by molar-refractivity contribution is 7.17. The first kappa shape index (κ1) is 27.9. The lowest BCUT2D eigenvalue weighted by Crippen LogP contribution is -2.47. The normalized spacial score (nSPS) is 13.9. The second kappa shape index (κ2) is 13.6. The Morgan fingerprint density at radius 2 is 1.97 bits per heavy atom. The third-order valence-electron chi connectivity index (χ3n) is 5.91. The average Bonchev–Trinajstić information content (AvgIpc) is 3.38. The number of para-hydroxylation sites is 1. The number of ether oxygens (including phenoxy) is 1. The maximum Gasteiger partial charge on any atom is 0.267 e. The number of hydrogen-bond donors (Lipinski definition) is 4. The first-order chi connectivity index (χ1) is 18.5. The number of thiazole rings is 1. The molecule has 1 amide bonds. The number of rotatable bonds is 12. The molecular formula is C24H32ClN9O3S. The lowest BCUT2D eigenvalue weighted by Gasteiger charge is -2.34. The van der Waals surface area contributed by atoms with Crippen LogP contribution >= 0.6 is 22.9 Å². The Kier molecular flexibility index (Phi) is 10.0. The van der Waals surface area contributed by atoms with E-state index in [4.69, 9.17) is 16.3 Å². The zero-order chi connectivity index (χ0) is 26.9. The number of aliphatic hydroxyl groups is 1. The van der Waals surface area contributed by atoms with E-state index in [9.17, 15) is 9.90 Å². The molecule has 4 N–H and O–H groups in total. The highest BCUT2D eigenvalue weighted by Gasteiger charge is 2.21. The molecule has 1 aromatic carbocycles. The van der Waals surface area contributed by atoms with Gasteiger partial charge in [-0.25, -0.2) is 4.98 Å². The van der Waals surface area contributed by atoms with Gasteiger partial charge in [0.2, 0.25) is 17.8 Å². The molecule has 1 fully saturated rings. The predicted molar refractivity (Wildman–Crippen MR) is 150 cm³/mol. The van der Waals surface area contributed by atoms with Gasteiger partial charge in [0.05, 0.1) is 23.5 Å². The Hall–Kier alpha value is -3.10. The largest absolute Gasteiger partial charge is 0.395 e. The van der Waals surface area contributed by atoms with Gasteiger partial charge in [-0.2, -0.15) is 15.0 Å². The molecule has 0 saturated carbocycles. The van der Waals surface area contributed by atoms with E-state index in [1.165, 1.54) is 17.5 Å². The van der Waals surface area contributed by atoms with E-state index in [1.54, 1.807) is 13.2 Å². The molecule has 0 spiro atoms. The molecule has 14 heteroatoms. The van der Waals surface area contributed by atoms with E-state index in [0.29, 0.717) is 58.3 Å². The van der Waals surface area contributed by atoms with Gasteiger partial charge in [0.25, 0.3) is 5.91 Å². The zero-order valence-electron chi connectivity index (χ0n) is 21.4. The standard InChI is InChI=1S/C24H32ClN9O3S/c1-16-5-3-6-17(25)19(16)28-20(36)18-15-27-24(38-18)32-22-29-21(26-7-4-14-37-2)30-23(31-22)34-10-8-33(9-11-34)12-13-35/h3,5-6,15,35H,4,7-14H2,1-2H3,(H,28,36)(H2,26,27,29,30,31,32). The highest BCUT2D eigenvalue weighted by Crippen LogP contribution is 2.28. The van der Waals surface area contributed by atoms with Crippen molar-refractivity contribution in [3.63, 3.8) is 0 Å². The van der Waals surface area contributed by atoms with Crippen molar-refractivity contribution >= 4 is 57.5 Å². The summed E-state index contributed by atoms with van der Waals surface area (Å²) >= 11 is 7.44. The minimum absolute atomic E-state index is 0.140. The van der Waals surface area contributed by atoms with E-state index in [2.05, 4.69) is 45.7 Å². The predicted octanol–water partition coefficient (Wildman–Crippen LogP) is 2.85. The molecule has 0 radical (unpaired) electrons. The van der Waals surface area contributed by atoms with Gasteiger partial charge in [-0.05, 0) is 25.0 Å². The maximum atomic E-state index is 12.8. The number of benzene rings is 1. The van der Waals surface area contributed by atoms with Crippen LogP contribution in [0.3, 0.4) is 0 Å². The summed E-state index contributed by atoms with van der Waals surface area (Å²) in [5.41, 5.74) is 1.45. The number of carbonyl (C=O) groups excluding carboxylic acids is 1. The van der Waals surface area contributed by atoms with Crippen molar-refractivity contribution < 1.29 is 14.6 Å². The van der Waals surface area contributed by atoms with Gasteiger partial charge in [-0.15, -0.1) is 0 Å². The quantitative estimate of drug-likeness (QED) is 0.243. The van der Waals surface area contributed by atoms with Crippen LogP contribution in [0.25, 0.3) is 0 Å². The van der Waals surface area contributed by atoms with Crippen molar-refractivity contribution in [3.8, 4) is 0 Å². The number of carbonyl (C=O) groups is 1. The summed E-state index contributed by atoms with van der Waals surface area (Å²) in [6.07, 6.45) is 2.30. The summed E-state index contributed by atoms with van der Waals surface area (Å²) in [6, 6.07) is 5.45. The Balaban J connectivity index is 1.48. The molecule has 4 rings (SSSR count). The minimum Gasteiger partial charge on any atom is -0.395 e. The first-order valence-electron chi connectivity index (χ1n) is 12.3. The van der Waals surface area contributed by atoms with Gasteiger partial charge in [-0.3, -0.25) is 15.0 Å². The van der Waals surface area contributed by atoms with Crippen molar-refractivity contribution in [1.82, 2.24) is 24.8 Å². The molecule has 3 heterocycles. The SMILES string of the molecule is COCCCNc1nc(Nc2ncc(C(=O)Nc3c(C)cccc3Cl)s2)nc(N2CCN(CCO)CC2)n1. The van der Waals surface area contributed by atoms with Crippen molar-refractivity contribution in [2.24, 2.45) is 0 Å². The van der Waals surface area contributed by atoms with Crippen LogP contribution in [0.1, 0.15) is 21.7 Å². The highest BCUT2D eigenvalue weighted by atomic mass is 35.5. The van der Waals surface area contributed by atoms with Gasteiger partial charge >= 0.3 is 0 Å². The second-order valence-electron chi connectivity index (χ2n) is 8.65. The zero-order valence-corrected chi connectivity index (χ0v) is 23.0. The molecule has 1 saturated heterocycles. The van der Waals surface area contributed by atoms with Crippen LogP contribution in [0.2, 0.25) is 5.02 Å². The number of nitrogens with one attached hydrogen (secondary N) is 3. The van der Waals surface area contributed by atoms with E-state index >= 15 is 0 Å². The summed E-state index contributed by atoms with van der Waals surface area (Å²) in [5, 5.41) is 19.4. The number of aliphatic hydroxyl groups excluding tert-OH is 1. The van der Waals surface area contributed by atoms with Crippen molar-refractivity contribution in [3.05, 3.63) is 39.9 Å². The van der Waals surface area contributed by atoms with Crippen LogP contribution in [0, 0.1) is 6.92 Å². The average molecular weight is 562 g/mol. The topological polar surface area (TPSA) is 141 Å². The maximum absolute atomic E-state index is 12.8. The van der Waals surface area contributed by atoms with Gasteiger partial charge in [-0.1, -0.05) is 35.1 Å². The Bertz CT molecular complexity index is 1200. The third kappa shape index (κ3) is 7.48. The van der Waals surface area contributed by atoms with E-state index in [0.717, 1.165) is 38.2 Å². The number of anilines is 5. The van der Waals surface area contributed by atoms with Crippen LogP contribution in [-0.2, 0) is 4.74 Å². The lowest BCUT2D eigenvalue weighted by molar-refractivity contribution is 0.103. The van der Waals surface area contributed by atoms with Gasteiger partial charge in [0, 0.05) is 53.0 Å². The lowest BCUT2D eigenvalue weighted by atomic mass is 10.2. The van der Waals surface area contributed by atoms with E-state index in [1.807, 2.05) is 19.1 Å².